The van der Waals surface area contributed by atoms with E-state index >= 15 is 0 Å². The number of benzene rings is 2. The van der Waals surface area contributed by atoms with Gasteiger partial charge >= 0.3 is 5.97 Å². The van der Waals surface area contributed by atoms with Crippen molar-refractivity contribution in [3.8, 4) is 5.75 Å². The fraction of sp³-hybridized carbons (Fsp3) is 0.321. The van der Waals surface area contributed by atoms with Gasteiger partial charge in [-0.05, 0) is 48.3 Å². The molecule has 0 saturated heterocycles. The Morgan fingerprint density at radius 1 is 1.06 bits per heavy atom. The third kappa shape index (κ3) is 6.99. The summed E-state index contributed by atoms with van der Waals surface area (Å²) < 4.78 is 17.3. The molecule has 6 nitrogen and oxygen atoms in total. The van der Waals surface area contributed by atoms with Crippen molar-refractivity contribution < 1.29 is 29.2 Å². The molecule has 0 fully saturated rings. The number of carboxylic acid groups (broad SMARTS) is 1. The van der Waals surface area contributed by atoms with Crippen LogP contribution in [0.25, 0.3) is 5.57 Å². The van der Waals surface area contributed by atoms with Crippen molar-refractivity contribution in [2.45, 2.75) is 33.0 Å². The van der Waals surface area contributed by atoms with Gasteiger partial charge in [0.1, 0.15) is 24.7 Å². The Hall–Kier alpha value is -3.51. The number of ether oxygens (including phenoxy) is 3. The molecule has 3 atom stereocenters. The number of aliphatic hydroxyl groups is 1. The summed E-state index contributed by atoms with van der Waals surface area (Å²) in [4.78, 5) is 10.8. The van der Waals surface area contributed by atoms with Crippen LogP contribution in [0, 0.1) is 11.8 Å². The average Bonchev–Trinajstić information content (AvgIpc) is 2.83. The molecule has 2 aromatic rings. The van der Waals surface area contributed by atoms with Crippen LogP contribution >= 0.6 is 0 Å². The van der Waals surface area contributed by atoms with Crippen molar-refractivity contribution in [1.82, 2.24) is 0 Å². The first-order valence-corrected chi connectivity index (χ1v) is 11.3. The van der Waals surface area contributed by atoms with Gasteiger partial charge in [-0.2, -0.15) is 0 Å². The second-order valence-corrected chi connectivity index (χ2v) is 8.36. The number of hydrogen-bond acceptors (Lipinski definition) is 5. The minimum Gasteiger partial charge on any atom is -0.501 e. The maximum atomic E-state index is 10.8. The molecule has 2 aromatic carbocycles. The number of aliphatic carboxylic acids is 1. The highest BCUT2D eigenvalue weighted by Crippen LogP contribution is 2.28. The molecule has 2 N–H and O–H groups in total. The lowest BCUT2D eigenvalue weighted by molar-refractivity contribution is -0.139. The smallest absolute Gasteiger partial charge is 0.305 e. The van der Waals surface area contributed by atoms with Crippen molar-refractivity contribution in [3.05, 3.63) is 95.5 Å². The molecule has 0 bridgehead atoms. The van der Waals surface area contributed by atoms with Gasteiger partial charge in [-0.3, -0.25) is 4.79 Å². The molecule has 0 spiro atoms. The molecule has 34 heavy (non-hydrogen) atoms. The standard InChI is InChI=1S/C28H32O6/c1-19-15-24(13-14-25(19)27(29)16-28(30)31)33-17-21-9-11-23(12-10-21)34-18-26(20(2)32-3)22-7-5-4-6-8-22/h4-15,19,25,27,29H,16-18H2,1-3H3,(H,30,31)/b26-20+. The van der Waals surface area contributed by atoms with Crippen LogP contribution in [0.1, 0.15) is 31.4 Å². The Bertz CT molecular complexity index is 1040. The number of allylic oxidation sites excluding steroid dienone is 3. The van der Waals surface area contributed by atoms with Crippen LogP contribution in [0.3, 0.4) is 0 Å². The fourth-order valence-electron chi connectivity index (χ4n) is 3.85. The second kappa shape index (κ2) is 12.1. The van der Waals surface area contributed by atoms with E-state index in [9.17, 15) is 9.90 Å². The molecule has 0 radical (unpaired) electrons. The lowest BCUT2D eigenvalue weighted by Gasteiger charge is -2.26. The summed E-state index contributed by atoms with van der Waals surface area (Å²) >= 11 is 0. The Morgan fingerprint density at radius 2 is 1.76 bits per heavy atom. The maximum absolute atomic E-state index is 10.8. The van der Waals surface area contributed by atoms with Crippen LogP contribution < -0.4 is 4.74 Å². The lowest BCUT2D eigenvalue weighted by atomic mass is 9.84. The predicted octanol–water partition coefficient (Wildman–Crippen LogP) is 5.20. The monoisotopic (exact) mass is 464 g/mol. The van der Waals surface area contributed by atoms with Gasteiger partial charge in [0.25, 0.3) is 0 Å². The van der Waals surface area contributed by atoms with E-state index in [1.807, 2.05) is 80.6 Å². The lowest BCUT2D eigenvalue weighted by Crippen LogP contribution is -2.28. The average molecular weight is 465 g/mol. The van der Waals surface area contributed by atoms with Gasteiger partial charge in [0.2, 0.25) is 0 Å². The number of methoxy groups -OCH3 is 1. The minimum absolute atomic E-state index is 0.0208. The van der Waals surface area contributed by atoms with E-state index in [4.69, 9.17) is 19.3 Å². The number of carboxylic acids is 1. The zero-order valence-corrected chi connectivity index (χ0v) is 19.8. The van der Waals surface area contributed by atoms with E-state index in [1.54, 1.807) is 13.2 Å². The van der Waals surface area contributed by atoms with Crippen LogP contribution in [-0.2, 0) is 20.9 Å². The molecule has 3 unspecified atom stereocenters. The first kappa shape index (κ1) is 25.1. The molecule has 3 rings (SSSR count). The Balaban J connectivity index is 1.53. The van der Waals surface area contributed by atoms with Crippen molar-refractivity contribution in [3.63, 3.8) is 0 Å². The topological polar surface area (TPSA) is 85.2 Å². The van der Waals surface area contributed by atoms with Crippen LogP contribution in [-0.4, -0.2) is 36.0 Å². The van der Waals surface area contributed by atoms with Gasteiger partial charge in [0.05, 0.1) is 25.4 Å². The molecule has 1 aliphatic rings. The number of carbonyl (C=O) groups is 1. The van der Waals surface area contributed by atoms with Crippen molar-refractivity contribution in [1.29, 1.82) is 0 Å². The summed E-state index contributed by atoms with van der Waals surface area (Å²) in [7, 11) is 1.66. The number of hydrogen-bond donors (Lipinski definition) is 2. The molecule has 0 saturated carbocycles. The van der Waals surface area contributed by atoms with Crippen LogP contribution in [0.4, 0.5) is 0 Å². The van der Waals surface area contributed by atoms with E-state index in [0.717, 1.165) is 28.2 Å². The van der Waals surface area contributed by atoms with Crippen molar-refractivity contribution in [2.24, 2.45) is 11.8 Å². The summed E-state index contributed by atoms with van der Waals surface area (Å²) in [6, 6.07) is 17.8. The van der Waals surface area contributed by atoms with Crippen LogP contribution in [0.15, 0.2) is 84.3 Å². The SMILES string of the molecule is CO/C(C)=C(\COc1ccc(COC2=CC(C)C(C(O)CC(=O)O)C=C2)cc1)c1ccccc1. The predicted molar refractivity (Wildman–Crippen MR) is 131 cm³/mol. The van der Waals surface area contributed by atoms with E-state index in [-0.39, 0.29) is 18.3 Å². The minimum atomic E-state index is -1.01. The summed E-state index contributed by atoms with van der Waals surface area (Å²) in [5.74, 6) is 1.01. The van der Waals surface area contributed by atoms with Crippen molar-refractivity contribution >= 4 is 11.5 Å². The molecular weight excluding hydrogens is 432 g/mol. The van der Waals surface area contributed by atoms with Crippen LogP contribution in [0.5, 0.6) is 5.75 Å². The van der Waals surface area contributed by atoms with Gasteiger partial charge in [-0.15, -0.1) is 0 Å². The Labute approximate surface area is 200 Å². The number of aliphatic hydroxyl groups excluding tert-OH is 1. The molecular formula is C28H32O6. The van der Waals surface area contributed by atoms with Gasteiger partial charge in [-0.1, -0.05) is 55.5 Å². The molecule has 1 aliphatic carbocycles. The quantitative estimate of drug-likeness (QED) is 0.445. The first-order valence-electron chi connectivity index (χ1n) is 11.3. The molecule has 0 aromatic heterocycles. The van der Waals surface area contributed by atoms with E-state index in [2.05, 4.69) is 0 Å². The first-order chi connectivity index (χ1) is 16.4. The molecule has 0 amide bonds. The summed E-state index contributed by atoms with van der Waals surface area (Å²) in [5, 5.41) is 19.0. The maximum Gasteiger partial charge on any atom is 0.305 e. The molecule has 0 aliphatic heterocycles. The summed E-state index contributed by atoms with van der Waals surface area (Å²) in [6.45, 7) is 4.65. The van der Waals surface area contributed by atoms with Gasteiger partial charge < -0.3 is 24.4 Å². The largest absolute Gasteiger partial charge is 0.501 e. The highest BCUT2D eigenvalue weighted by Gasteiger charge is 2.26. The molecule has 180 valence electrons. The third-order valence-electron chi connectivity index (χ3n) is 5.91. The zero-order chi connectivity index (χ0) is 24.5. The van der Waals surface area contributed by atoms with E-state index in [0.29, 0.717) is 19.0 Å². The second-order valence-electron chi connectivity index (χ2n) is 8.36. The van der Waals surface area contributed by atoms with Crippen LogP contribution in [0.2, 0.25) is 0 Å². The highest BCUT2D eigenvalue weighted by molar-refractivity contribution is 5.68. The van der Waals surface area contributed by atoms with Gasteiger partial charge in [-0.25, -0.2) is 0 Å². The van der Waals surface area contributed by atoms with E-state index in [1.165, 1.54) is 0 Å². The molecule has 6 heteroatoms. The highest BCUT2D eigenvalue weighted by atomic mass is 16.5. The van der Waals surface area contributed by atoms with E-state index < -0.39 is 12.1 Å². The summed E-state index contributed by atoms with van der Waals surface area (Å²) in [6.07, 6.45) is 4.35. The summed E-state index contributed by atoms with van der Waals surface area (Å²) in [5.41, 5.74) is 3.05. The van der Waals surface area contributed by atoms with Gasteiger partial charge in [0, 0.05) is 11.5 Å². The normalized spacial score (nSPS) is 19.0. The number of rotatable bonds is 11. The molecule has 0 heterocycles. The third-order valence-corrected chi connectivity index (χ3v) is 5.91. The van der Waals surface area contributed by atoms with Gasteiger partial charge in [0.15, 0.2) is 0 Å². The Kier molecular flexibility index (Phi) is 8.93. The Morgan fingerprint density at radius 3 is 2.38 bits per heavy atom. The van der Waals surface area contributed by atoms with Crippen molar-refractivity contribution in [2.75, 3.05) is 13.7 Å². The fourth-order valence-corrected chi connectivity index (χ4v) is 3.85. The zero-order valence-electron chi connectivity index (χ0n) is 19.8.